The van der Waals surface area contributed by atoms with Crippen LogP contribution >= 0.6 is 0 Å². The zero-order chi connectivity index (χ0) is 13.5. The van der Waals surface area contributed by atoms with E-state index < -0.39 is 0 Å². The summed E-state index contributed by atoms with van der Waals surface area (Å²) in [6, 6.07) is 13.2. The van der Waals surface area contributed by atoms with E-state index in [1.54, 1.807) is 12.1 Å². The van der Waals surface area contributed by atoms with E-state index in [-0.39, 0.29) is 6.79 Å². The minimum Gasteiger partial charge on any atom is -0.454 e. The summed E-state index contributed by atoms with van der Waals surface area (Å²) >= 11 is 0. The van der Waals surface area contributed by atoms with Gasteiger partial charge in [-0.25, -0.2) is 4.98 Å². The molecule has 2 aromatic carbocycles. The topological polar surface area (TPSA) is 70.9 Å². The minimum atomic E-state index is 0.254. The molecule has 3 aromatic rings. The summed E-state index contributed by atoms with van der Waals surface area (Å²) in [4.78, 5) is 7.74. The van der Waals surface area contributed by atoms with Crippen LogP contribution in [0.25, 0.3) is 22.4 Å². The van der Waals surface area contributed by atoms with Gasteiger partial charge in [-0.1, -0.05) is 0 Å². The Kier molecular flexibility index (Phi) is 2.18. The average molecular weight is 263 g/mol. The highest BCUT2D eigenvalue weighted by atomic mass is 16.7. The summed E-state index contributed by atoms with van der Waals surface area (Å²) in [5.74, 6) is 2.21. The Bertz CT molecular complexity index is 861. The number of benzene rings is 2. The molecule has 0 unspecified atom stereocenters. The van der Waals surface area contributed by atoms with Gasteiger partial charge >= 0.3 is 0 Å². The molecule has 1 aromatic heterocycles. The van der Waals surface area contributed by atoms with Crippen LogP contribution in [-0.4, -0.2) is 16.8 Å². The third-order valence-corrected chi connectivity index (χ3v) is 3.26. The maximum absolute atomic E-state index is 8.91. The Balaban J connectivity index is 1.84. The van der Waals surface area contributed by atoms with Crippen molar-refractivity contribution in [3.63, 3.8) is 0 Å². The molecule has 0 saturated heterocycles. The van der Waals surface area contributed by atoms with E-state index >= 15 is 0 Å². The third kappa shape index (κ3) is 1.59. The highest BCUT2D eigenvalue weighted by molar-refractivity contribution is 5.81. The number of nitrogens with one attached hydrogen (secondary N) is 1. The van der Waals surface area contributed by atoms with Gasteiger partial charge in [0.15, 0.2) is 11.5 Å². The van der Waals surface area contributed by atoms with Gasteiger partial charge in [-0.05, 0) is 36.4 Å². The van der Waals surface area contributed by atoms with Crippen LogP contribution in [0.4, 0.5) is 0 Å². The first-order chi connectivity index (χ1) is 9.83. The van der Waals surface area contributed by atoms with Crippen LogP contribution in [0.2, 0.25) is 0 Å². The Labute approximate surface area is 114 Å². The molecule has 5 heteroatoms. The van der Waals surface area contributed by atoms with Crippen LogP contribution in [0.15, 0.2) is 36.4 Å². The molecule has 0 atom stereocenters. The molecule has 0 aliphatic carbocycles. The first-order valence-electron chi connectivity index (χ1n) is 6.13. The Morgan fingerprint density at radius 2 is 2.00 bits per heavy atom. The number of nitriles is 1. The highest BCUT2D eigenvalue weighted by Crippen LogP contribution is 2.35. The van der Waals surface area contributed by atoms with Gasteiger partial charge in [-0.2, -0.15) is 5.26 Å². The van der Waals surface area contributed by atoms with Crippen molar-refractivity contribution in [3.8, 4) is 29.0 Å². The Hall–Kier alpha value is -3.00. The van der Waals surface area contributed by atoms with E-state index in [2.05, 4.69) is 16.0 Å². The quantitative estimate of drug-likeness (QED) is 0.732. The fraction of sp³-hybridized carbons (Fsp3) is 0.0667. The average Bonchev–Trinajstić information content (AvgIpc) is 3.11. The van der Waals surface area contributed by atoms with E-state index in [0.29, 0.717) is 5.56 Å². The predicted molar refractivity (Wildman–Crippen MR) is 72.4 cm³/mol. The van der Waals surface area contributed by atoms with Gasteiger partial charge < -0.3 is 14.5 Å². The third-order valence-electron chi connectivity index (χ3n) is 3.26. The number of rotatable bonds is 1. The lowest BCUT2D eigenvalue weighted by Crippen LogP contribution is -1.92. The summed E-state index contributed by atoms with van der Waals surface area (Å²) in [5.41, 5.74) is 3.20. The number of ether oxygens (including phenoxy) is 2. The van der Waals surface area contributed by atoms with E-state index in [9.17, 15) is 0 Å². The van der Waals surface area contributed by atoms with E-state index in [1.807, 2.05) is 24.3 Å². The van der Waals surface area contributed by atoms with Gasteiger partial charge in [-0.15, -0.1) is 0 Å². The molecule has 4 rings (SSSR count). The van der Waals surface area contributed by atoms with Crippen LogP contribution < -0.4 is 9.47 Å². The summed E-state index contributed by atoms with van der Waals surface area (Å²) in [6.07, 6.45) is 0. The summed E-state index contributed by atoms with van der Waals surface area (Å²) in [7, 11) is 0. The second kappa shape index (κ2) is 4.00. The van der Waals surface area contributed by atoms with Crippen molar-refractivity contribution in [2.75, 3.05) is 6.79 Å². The molecule has 0 bridgehead atoms. The number of nitrogens with zero attached hydrogens (tertiary/aromatic N) is 2. The molecule has 2 heterocycles. The molecular formula is C15H9N3O2. The zero-order valence-corrected chi connectivity index (χ0v) is 10.4. The lowest BCUT2D eigenvalue weighted by Gasteiger charge is -1.99. The van der Waals surface area contributed by atoms with Crippen molar-refractivity contribution in [1.29, 1.82) is 5.26 Å². The molecule has 0 saturated carbocycles. The molecule has 20 heavy (non-hydrogen) atoms. The fourth-order valence-corrected chi connectivity index (χ4v) is 2.26. The van der Waals surface area contributed by atoms with Crippen molar-refractivity contribution < 1.29 is 9.47 Å². The predicted octanol–water partition coefficient (Wildman–Crippen LogP) is 2.83. The van der Waals surface area contributed by atoms with Crippen molar-refractivity contribution in [2.45, 2.75) is 0 Å². The monoisotopic (exact) mass is 263 g/mol. The maximum Gasteiger partial charge on any atom is 0.231 e. The second-order valence-corrected chi connectivity index (χ2v) is 4.50. The molecule has 1 aliphatic rings. The lowest BCUT2D eigenvalue weighted by atomic mass is 10.2. The normalized spacial score (nSPS) is 12.6. The first-order valence-corrected chi connectivity index (χ1v) is 6.13. The fourth-order valence-electron chi connectivity index (χ4n) is 2.26. The summed E-state index contributed by atoms with van der Waals surface area (Å²) < 4.78 is 10.7. The molecule has 96 valence electrons. The van der Waals surface area contributed by atoms with Crippen LogP contribution in [0.1, 0.15) is 5.56 Å². The van der Waals surface area contributed by atoms with Gasteiger partial charge in [0.25, 0.3) is 0 Å². The molecular weight excluding hydrogens is 254 g/mol. The SMILES string of the molecule is N#Cc1ccc2nc(-c3ccc4c(c3)OCO4)[nH]c2c1. The molecule has 0 fully saturated rings. The van der Waals surface area contributed by atoms with Crippen molar-refractivity contribution in [2.24, 2.45) is 0 Å². The molecule has 1 aliphatic heterocycles. The van der Waals surface area contributed by atoms with Crippen LogP contribution in [0.3, 0.4) is 0 Å². The van der Waals surface area contributed by atoms with Gasteiger partial charge in [0.2, 0.25) is 6.79 Å². The molecule has 0 radical (unpaired) electrons. The minimum absolute atomic E-state index is 0.254. The number of aromatic nitrogens is 2. The summed E-state index contributed by atoms with van der Waals surface area (Å²) in [5, 5.41) is 8.91. The number of fused-ring (bicyclic) bond motifs is 2. The van der Waals surface area contributed by atoms with Gasteiger partial charge in [0, 0.05) is 5.56 Å². The zero-order valence-electron chi connectivity index (χ0n) is 10.4. The highest BCUT2D eigenvalue weighted by Gasteiger charge is 2.15. The number of H-pyrrole nitrogens is 1. The number of hydrogen-bond donors (Lipinski definition) is 1. The van der Waals surface area contributed by atoms with Gasteiger partial charge in [0.1, 0.15) is 5.82 Å². The van der Waals surface area contributed by atoms with Crippen LogP contribution in [-0.2, 0) is 0 Å². The largest absolute Gasteiger partial charge is 0.454 e. The maximum atomic E-state index is 8.91. The molecule has 0 amide bonds. The Morgan fingerprint density at radius 1 is 1.10 bits per heavy atom. The second-order valence-electron chi connectivity index (χ2n) is 4.50. The number of aromatic amines is 1. The van der Waals surface area contributed by atoms with Gasteiger partial charge in [0.05, 0.1) is 22.7 Å². The van der Waals surface area contributed by atoms with E-state index in [4.69, 9.17) is 14.7 Å². The van der Waals surface area contributed by atoms with Crippen molar-refractivity contribution in [3.05, 3.63) is 42.0 Å². The van der Waals surface area contributed by atoms with Crippen molar-refractivity contribution >= 4 is 11.0 Å². The van der Waals surface area contributed by atoms with Gasteiger partial charge in [-0.3, -0.25) is 0 Å². The molecule has 0 spiro atoms. The van der Waals surface area contributed by atoms with Crippen molar-refractivity contribution in [1.82, 2.24) is 9.97 Å². The number of imidazole rings is 1. The summed E-state index contributed by atoms with van der Waals surface area (Å²) in [6.45, 7) is 0.254. The van der Waals surface area contributed by atoms with E-state index in [1.165, 1.54) is 0 Å². The molecule has 1 N–H and O–H groups in total. The number of hydrogen-bond acceptors (Lipinski definition) is 4. The lowest BCUT2D eigenvalue weighted by molar-refractivity contribution is 0.174. The smallest absolute Gasteiger partial charge is 0.231 e. The van der Waals surface area contributed by atoms with E-state index in [0.717, 1.165) is 33.9 Å². The Morgan fingerprint density at radius 3 is 2.90 bits per heavy atom. The standard InChI is InChI=1S/C15H9N3O2/c16-7-9-1-3-11-12(5-9)18-15(17-11)10-2-4-13-14(6-10)20-8-19-13/h1-6H,8H2,(H,17,18). The van der Waals surface area contributed by atoms with Crippen LogP contribution in [0, 0.1) is 11.3 Å². The van der Waals surface area contributed by atoms with Crippen LogP contribution in [0.5, 0.6) is 11.5 Å². The molecule has 5 nitrogen and oxygen atoms in total. The first kappa shape index (κ1) is 10.9.